The lowest BCUT2D eigenvalue weighted by atomic mass is 10.0. The predicted molar refractivity (Wildman–Crippen MR) is 83.6 cm³/mol. The van der Waals surface area contributed by atoms with Crippen LogP contribution in [-0.2, 0) is 25.7 Å². The van der Waals surface area contributed by atoms with E-state index in [4.69, 9.17) is 0 Å². The van der Waals surface area contributed by atoms with Crippen molar-refractivity contribution in [3.63, 3.8) is 0 Å². The molecule has 128 valence electrons. The van der Waals surface area contributed by atoms with Gasteiger partial charge in [0.15, 0.2) is 0 Å². The highest BCUT2D eigenvalue weighted by atomic mass is 19.4. The summed E-state index contributed by atoms with van der Waals surface area (Å²) in [5.41, 5.74) is 3.40. The molecule has 2 heterocycles. The third kappa shape index (κ3) is 3.21. The van der Waals surface area contributed by atoms with Gasteiger partial charge in [-0.2, -0.15) is 13.2 Å². The average Bonchev–Trinajstić information content (AvgIpc) is 2.50. The first-order valence-corrected chi connectivity index (χ1v) is 7.72. The molecule has 0 unspecified atom stereocenters. The van der Waals surface area contributed by atoms with Gasteiger partial charge in [-0.05, 0) is 37.0 Å². The quantitative estimate of drug-likeness (QED) is 0.917. The van der Waals surface area contributed by atoms with Gasteiger partial charge in [0.1, 0.15) is 0 Å². The molecule has 2 aromatic rings. The molecule has 0 aliphatic carbocycles. The van der Waals surface area contributed by atoms with E-state index in [9.17, 15) is 18.0 Å². The number of H-pyrrole nitrogens is 1. The van der Waals surface area contributed by atoms with E-state index in [0.717, 1.165) is 5.56 Å². The summed E-state index contributed by atoms with van der Waals surface area (Å²) in [7, 11) is 0. The SMILES string of the molecule is Cc1cccc(CN2CCc3c(nc(C(F)(F)F)[nH]c3=O)C2)c1C. The van der Waals surface area contributed by atoms with Crippen LogP contribution in [0.4, 0.5) is 13.2 Å². The van der Waals surface area contributed by atoms with Crippen LogP contribution >= 0.6 is 0 Å². The van der Waals surface area contributed by atoms with Crippen LogP contribution in [0.15, 0.2) is 23.0 Å². The van der Waals surface area contributed by atoms with Crippen molar-refractivity contribution in [1.29, 1.82) is 0 Å². The summed E-state index contributed by atoms with van der Waals surface area (Å²) < 4.78 is 38.5. The summed E-state index contributed by atoms with van der Waals surface area (Å²) in [6.45, 7) is 5.56. The molecule has 0 saturated heterocycles. The van der Waals surface area contributed by atoms with E-state index in [1.807, 2.05) is 41.9 Å². The number of rotatable bonds is 2. The van der Waals surface area contributed by atoms with Crippen LogP contribution < -0.4 is 5.56 Å². The highest BCUT2D eigenvalue weighted by Gasteiger charge is 2.36. The van der Waals surface area contributed by atoms with Crippen LogP contribution in [0.1, 0.15) is 33.8 Å². The lowest BCUT2D eigenvalue weighted by molar-refractivity contribution is -0.145. The van der Waals surface area contributed by atoms with Crippen LogP contribution in [-0.4, -0.2) is 21.4 Å². The molecule has 4 nitrogen and oxygen atoms in total. The molecule has 0 atom stereocenters. The molecule has 1 aliphatic heterocycles. The molecule has 1 aliphatic rings. The first-order valence-electron chi connectivity index (χ1n) is 7.72. The highest BCUT2D eigenvalue weighted by Crippen LogP contribution is 2.27. The number of benzene rings is 1. The fourth-order valence-electron chi connectivity index (χ4n) is 2.99. The predicted octanol–water partition coefficient (Wildman–Crippen LogP) is 2.96. The lowest BCUT2D eigenvalue weighted by Gasteiger charge is -2.28. The largest absolute Gasteiger partial charge is 0.449 e. The smallest absolute Gasteiger partial charge is 0.303 e. The van der Waals surface area contributed by atoms with E-state index < -0.39 is 17.6 Å². The minimum absolute atomic E-state index is 0.225. The fourth-order valence-corrected chi connectivity index (χ4v) is 2.99. The van der Waals surface area contributed by atoms with Gasteiger partial charge in [-0.15, -0.1) is 0 Å². The van der Waals surface area contributed by atoms with Gasteiger partial charge in [0, 0.05) is 25.2 Å². The molecule has 1 aromatic heterocycles. The second-order valence-electron chi connectivity index (χ2n) is 6.16. The Hall–Kier alpha value is -2.15. The molecule has 7 heteroatoms. The normalized spacial score (nSPS) is 15.4. The summed E-state index contributed by atoms with van der Waals surface area (Å²) in [6.07, 6.45) is -4.25. The average molecular weight is 337 g/mol. The Balaban J connectivity index is 1.87. The van der Waals surface area contributed by atoms with Gasteiger partial charge in [0.05, 0.1) is 5.69 Å². The minimum Gasteiger partial charge on any atom is -0.303 e. The van der Waals surface area contributed by atoms with Gasteiger partial charge in [-0.1, -0.05) is 18.2 Å². The Morgan fingerprint density at radius 2 is 2.04 bits per heavy atom. The second kappa shape index (κ2) is 6.05. The van der Waals surface area contributed by atoms with E-state index >= 15 is 0 Å². The van der Waals surface area contributed by atoms with E-state index in [-0.39, 0.29) is 12.2 Å². The summed E-state index contributed by atoms with van der Waals surface area (Å²) in [5, 5.41) is 0. The minimum atomic E-state index is -4.65. The first-order chi connectivity index (χ1) is 11.3. The van der Waals surface area contributed by atoms with Crippen molar-refractivity contribution in [3.05, 3.63) is 62.3 Å². The van der Waals surface area contributed by atoms with Gasteiger partial charge in [-0.25, -0.2) is 4.98 Å². The van der Waals surface area contributed by atoms with Crippen molar-refractivity contribution in [2.45, 2.75) is 39.5 Å². The zero-order valence-corrected chi connectivity index (χ0v) is 13.5. The molecular formula is C17H18F3N3O. The zero-order chi connectivity index (χ0) is 17.5. The van der Waals surface area contributed by atoms with E-state index in [2.05, 4.69) is 4.98 Å². The fraction of sp³-hybridized carbons (Fsp3) is 0.412. The number of fused-ring (bicyclic) bond motifs is 1. The van der Waals surface area contributed by atoms with Crippen molar-refractivity contribution in [3.8, 4) is 0 Å². The monoisotopic (exact) mass is 337 g/mol. The third-order valence-corrected chi connectivity index (χ3v) is 4.53. The van der Waals surface area contributed by atoms with Gasteiger partial charge < -0.3 is 4.98 Å². The first kappa shape index (κ1) is 16.7. The van der Waals surface area contributed by atoms with Crippen LogP contribution in [0.5, 0.6) is 0 Å². The number of halogens is 3. The maximum atomic E-state index is 12.8. The van der Waals surface area contributed by atoms with Crippen molar-refractivity contribution in [2.24, 2.45) is 0 Å². The Labute approximate surface area is 137 Å². The van der Waals surface area contributed by atoms with Gasteiger partial charge >= 0.3 is 6.18 Å². The van der Waals surface area contributed by atoms with E-state index in [1.54, 1.807) is 0 Å². The van der Waals surface area contributed by atoms with Crippen LogP contribution in [0.25, 0.3) is 0 Å². The van der Waals surface area contributed by atoms with Crippen LogP contribution in [0, 0.1) is 13.8 Å². The molecule has 1 aromatic carbocycles. The Morgan fingerprint density at radius 1 is 1.29 bits per heavy atom. The molecule has 0 radical (unpaired) electrons. The molecular weight excluding hydrogens is 319 g/mol. The maximum absolute atomic E-state index is 12.8. The van der Waals surface area contributed by atoms with Gasteiger partial charge in [-0.3, -0.25) is 9.69 Å². The molecule has 0 spiro atoms. The lowest BCUT2D eigenvalue weighted by Crippen LogP contribution is -2.36. The number of aryl methyl sites for hydroxylation is 1. The number of nitrogens with zero attached hydrogens (tertiary/aromatic N) is 2. The number of hydrogen-bond acceptors (Lipinski definition) is 3. The van der Waals surface area contributed by atoms with Crippen LogP contribution in [0.2, 0.25) is 0 Å². The standard InChI is InChI=1S/C17H18F3N3O/c1-10-4-3-5-12(11(10)2)8-23-7-6-13-14(9-23)21-16(17(18,19)20)22-15(13)24/h3-5H,6-9H2,1-2H3,(H,21,22,24). The molecule has 0 fully saturated rings. The van der Waals surface area contributed by atoms with Gasteiger partial charge in [0.2, 0.25) is 5.82 Å². The maximum Gasteiger partial charge on any atom is 0.449 e. The van der Waals surface area contributed by atoms with E-state index in [1.165, 1.54) is 11.1 Å². The summed E-state index contributed by atoms with van der Waals surface area (Å²) in [6, 6.07) is 6.02. The van der Waals surface area contributed by atoms with E-state index in [0.29, 0.717) is 25.1 Å². The third-order valence-electron chi connectivity index (χ3n) is 4.53. The summed E-state index contributed by atoms with van der Waals surface area (Å²) >= 11 is 0. The number of aromatic amines is 1. The molecule has 0 bridgehead atoms. The van der Waals surface area contributed by atoms with Crippen molar-refractivity contribution >= 4 is 0 Å². The molecule has 0 saturated carbocycles. The van der Waals surface area contributed by atoms with Crippen molar-refractivity contribution < 1.29 is 13.2 Å². The Morgan fingerprint density at radius 3 is 2.75 bits per heavy atom. The Bertz CT molecular complexity index is 827. The number of alkyl halides is 3. The molecule has 24 heavy (non-hydrogen) atoms. The number of nitrogens with one attached hydrogen (secondary N) is 1. The zero-order valence-electron chi connectivity index (χ0n) is 13.5. The van der Waals surface area contributed by atoms with Gasteiger partial charge in [0.25, 0.3) is 5.56 Å². The Kier molecular flexibility index (Phi) is 4.21. The molecule has 0 amide bonds. The number of aromatic nitrogens is 2. The second-order valence-corrected chi connectivity index (χ2v) is 6.16. The topological polar surface area (TPSA) is 49.0 Å². The molecule has 3 rings (SSSR count). The highest BCUT2D eigenvalue weighted by molar-refractivity contribution is 5.33. The van der Waals surface area contributed by atoms with Crippen molar-refractivity contribution in [1.82, 2.24) is 14.9 Å². The molecule has 1 N–H and O–H groups in total. The number of hydrogen-bond donors (Lipinski definition) is 1. The van der Waals surface area contributed by atoms with Crippen molar-refractivity contribution in [2.75, 3.05) is 6.54 Å². The summed E-state index contributed by atoms with van der Waals surface area (Å²) in [4.78, 5) is 19.4. The van der Waals surface area contributed by atoms with Crippen LogP contribution in [0.3, 0.4) is 0 Å². The summed E-state index contributed by atoms with van der Waals surface area (Å²) in [5.74, 6) is -1.22.